The molecule has 3 aliphatic rings. The van der Waals surface area contributed by atoms with Crippen molar-refractivity contribution in [2.45, 2.75) is 37.5 Å². The second-order valence-corrected chi connectivity index (χ2v) is 10.7. The average Bonchev–Trinajstić information content (AvgIpc) is 3.09. The van der Waals surface area contributed by atoms with Crippen molar-refractivity contribution in [3.8, 4) is 11.5 Å². The Balaban J connectivity index is 1.29. The molecule has 4 heterocycles. The molecule has 0 amide bonds. The molecule has 0 bridgehead atoms. The van der Waals surface area contributed by atoms with E-state index in [9.17, 15) is 8.42 Å². The molecule has 0 radical (unpaired) electrons. The zero-order valence-electron chi connectivity index (χ0n) is 19.1. The molecule has 3 aliphatic heterocycles. The third kappa shape index (κ3) is 4.72. The Morgan fingerprint density at radius 2 is 1.52 bits per heavy atom. The van der Waals surface area contributed by atoms with E-state index in [1.165, 1.54) is 19.3 Å². The number of piperazine rings is 1. The van der Waals surface area contributed by atoms with E-state index in [-0.39, 0.29) is 4.90 Å². The third-order valence-corrected chi connectivity index (χ3v) is 8.28. The number of hydrogen-bond donors (Lipinski definition) is 0. The topological polar surface area (TPSA) is 88.1 Å². The van der Waals surface area contributed by atoms with Gasteiger partial charge in [0.25, 0.3) is 0 Å². The predicted molar refractivity (Wildman–Crippen MR) is 126 cm³/mol. The summed E-state index contributed by atoms with van der Waals surface area (Å²) in [6.45, 7) is 7.03. The summed E-state index contributed by atoms with van der Waals surface area (Å²) in [7, 11) is -3.62. The summed E-state index contributed by atoms with van der Waals surface area (Å²) in [6, 6.07) is 6.87. The molecule has 178 valence electrons. The summed E-state index contributed by atoms with van der Waals surface area (Å²) in [5.74, 6) is 2.75. The molecule has 1 aromatic heterocycles. The fourth-order valence-electron chi connectivity index (χ4n) is 4.54. The summed E-state index contributed by atoms with van der Waals surface area (Å²) >= 11 is 0. The Morgan fingerprint density at radius 1 is 0.788 bits per heavy atom. The van der Waals surface area contributed by atoms with Crippen molar-refractivity contribution >= 4 is 21.8 Å². The summed E-state index contributed by atoms with van der Waals surface area (Å²) in [6.07, 6.45) is 4.38. The first kappa shape index (κ1) is 22.2. The molecule has 5 rings (SSSR count). The SMILES string of the molecule is Cc1cc(N2CCN(S(=O)(=O)c3ccc4c(c3)OCCCO4)CC2)nc(N2CCCCC2)n1. The molecule has 2 saturated heterocycles. The number of fused-ring (bicyclic) bond motifs is 1. The molecular weight excluding hydrogens is 442 g/mol. The molecule has 2 fully saturated rings. The van der Waals surface area contributed by atoms with Gasteiger partial charge in [-0.1, -0.05) is 0 Å². The van der Waals surface area contributed by atoms with Crippen molar-refractivity contribution in [1.29, 1.82) is 0 Å². The molecule has 0 spiro atoms. The highest BCUT2D eigenvalue weighted by molar-refractivity contribution is 7.89. The molecule has 0 atom stereocenters. The van der Waals surface area contributed by atoms with Gasteiger partial charge in [-0.2, -0.15) is 9.29 Å². The highest BCUT2D eigenvalue weighted by atomic mass is 32.2. The van der Waals surface area contributed by atoms with E-state index in [0.29, 0.717) is 50.9 Å². The van der Waals surface area contributed by atoms with Crippen molar-refractivity contribution in [2.75, 3.05) is 62.3 Å². The Bertz CT molecular complexity index is 1100. The second-order valence-electron chi connectivity index (χ2n) is 8.77. The van der Waals surface area contributed by atoms with Crippen LogP contribution in [0.4, 0.5) is 11.8 Å². The van der Waals surface area contributed by atoms with E-state index < -0.39 is 10.0 Å². The van der Waals surface area contributed by atoms with Crippen LogP contribution in [0.5, 0.6) is 11.5 Å². The fraction of sp³-hybridized carbons (Fsp3) is 0.565. The number of ether oxygens (including phenoxy) is 2. The van der Waals surface area contributed by atoms with Gasteiger partial charge in [-0.05, 0) is 38.3 Å². The molecule has 0 unspecified atom stereocenters. The quantitative estimate of drug-likeness (QED) is 0.669. The monoisotopic (exact) mass is 473 g/mol. The molecule has 0 saturated carbocycles. The maximum Gasteiger partial charge on any atom is 0.243 e. The molecule has 9 nitrogen and oxygen atoms in total. The van der Waals surface area contributed by atoms with Gasteiger partial charge in [0.2, 0.25) is 16.0 Å². The van der Waals surface area contributed by atoms with Gasteiger partial charge < -0.3 is 19.3 Å². The van der Waals surface area contributed by atoms with Crippen molar-refractivity contribution in [3.05, 3.63) is 30.0 Å². The molecule has 2 aromatic rings. The van der Waals surface area contributed by atoms with Crippen LogP contribution in [-0.4, -0.2) is 75.2 Å². The summed E-state index contributed by atoms with van der Waals surface area (Å²) in [5.41, 5.74) is 0.933. The zero-order valence-corrected chi connectivity index (χ0v) is 19.9. The maximum atomic E-state index is 13.3. The first-order chi connectivity index (χ1) is 16.0. The highest BCUT2D eigenvalue weighted by Gasteiger charge is 2.30. The number of anilines is 2. The largest absolute Gasteiger partial charge is 0.490 e. The van der Waals surface area contributed by atoms with Gasteiger partial charge in [-0.15, -0.1) is 0 Å². The Morgan fingerprint density at radius 3 is 2.27 bits per heavy atom. The van der Waals surface area contributed by atoms with E-state index in [2.05, 4.69) is 14.8 Å². The third-order valence-electron chi connectivity index (χ3n) is 6.39. The van der Waals surface area contributed by atoms with Gasteiger partial charge in [-0.25, -0.2) is 13.4 Å². The van der Waals surface area contributed by atoms with Crippen LogP contribution in [0.2, 0.25) is 0 Å². The van der Waals surface area contributed by atoms with Crippen LogP contribution < -0.4 is 19.3 Å². The second kappa shape index (κ2) is 9.34. The van der Waals surface area contributed by atoms with E-state index in [0.717, 1.165) is 37.0 Å². The fourth-order valence-corrected chi connectivity index (χ4v) is 5.98. The number of hydrogen-bond acceptors (Lipinski definition) is 8. The number of aromatic nitrogens is 2. The Hall–Kier alpha value is -2.59. The zero-order chi connectivity index (χ0) is 22.8. The van der Waals surface area contributed by atoms with Crippen molar-refractivity contribution in [3.63, 3.8) is 0 Å². The van der Waals surface area contributed by atoms with Gasteiger partial charge in [-0.3, -0.25) is 0 Å². The summed E-state index contributed by atoms with van der Waals surface area (Å²) in [4.78, 5) is 14.1. The van der Waals surface area contributed by atoms with Crippen molar-refractivity contribution in [1.82, 2.24) is 14.3 Å². The average molecular weight is 474 g/mol. The molecule has 10 heteroatoms. The first-order valence-electron chi connectivity index (χ1n) is 11.8. The minimum Gasteiger partial charge on any atom is -0.490 e. The van der Waals surface area contributed by atoms with Crippen molar-refractivity contribution in [2.24, 2.45) is 0 Å². The van der Waals surface area contributed by atoms with Crippen LogP contribution in [0, 0.1) is 6.92 Å². The Labute approximate surface area is 195 Å². The molecule has 1 aromatic carbocycles. The van der Waals surface area contributed by atoms with Gasteiger partial charge in [0.05, 0.1) is 18.1 Å². The van der Waals surface area contributed by atoms with Crippen LogP contribution in [0.3, 0.4) is 0 Å². The molecule has 0 N–H and O–H groups in total. The standard InChI is InChI=1S/C23H31N5O4S/c1-18-16-22(25-23(24-18)27-8-3-2-4-9-27)26-10-12-28(13-11-26)33(29,30)19-6-7-20-21(17-19)32-15-5-14-31-20/h6-7,16-17H,2-5,8-15H2,1H3. The van der Waals surface area contributed by atoms with Gasteiger partial charge in [0.1, 0.15) is 5.82 Å². The van der Waals surface area contributed by atoms with E-state index in [1.54, 1.807) is 22.5 Å². The molecule has 0 aliphatic carbocycles. The predicted octanol–water partition coefficient (Wildman–Crippen LogP) is 2.45. The highest BCUT2D eigenvalue weighted by Crippen LogP contribution is 2.33. The van der Waals surface area contributed by atoms with Gasteiger partial charge in [0.15, 0.2) is 11.5 Å². The smallest absolute Gasteiger partial charge is 0.243 e. The van der Waals surface area contributed by atoms with Gasteiger partial charge in [0, 0.05) is 63.5 Å². The normalized spacial score (nSPS) is 19.9. The minimum atomic E-state index is -3.62. The van der Waals surface area contributed by atoms with Crippen LogP contribution >= 0.6 is 0 Å². The van der Waals surface area contributed by atoms with Crippen LogP contribution in [-0.2, 0) is 10.0 Å². The number of rotatable bonds is 4. The number of benzene rings is 1. The van der Waals surface area contributed by atoms with E-state index in [1.807, 2.05) is 13.0 Å². The minimum absolute atomic E-state index is 0.241. The van der Waals surface area contributed by atoms with Crippen molar-refractivity contribution < 1.29 is 17.9 Å². The summed E-state index contributed by atoms with van der Waals surface area (Å²) < 4.78 is 39.5. The molecular formula is C23H31N5O4S. The number of nitrogens with zero attached hydrogens (tertiary/aromatic N) is 5. The lowest BCUT2D eigenvalue weighted by Gasteiger charge is -2.35. The van der Waals surface area contributed by atoms with Crippen LogP contribution in [0.15, 0.2) is 29.2 Å². The van der Waals surface area contributed by atoms with E-state index in [4.69, 9.17) is 14.5 Å². The maximum absolute atomic E-state index is 13.3. The Kier molecular flexibility index (Phi) is 6.29. The number of aryl methyl sites for hydroxylation is 1. The summed E-state index contributed by atoms with van der Waals surface area (Å²) in [5, 5.41) is 0. The van der Waals surface area contributed by atoms with Crippen LogP contribution in [0.1, 0.15) is 31.4 Å². The first-order valence-corrected chi connectivity index (χ1v) is 13.2. The van der Waals surface area contributed by atoms with Gasteiger partial charge >= 0.3 is 0 Å². The van der Waals surface area contributed by atoms with E-state index >= 15 is 0 Å². The number of sulfonamides is 1. The lowest BCUT2D eigenvalue weighted by atomic mass is 10.1. The lowest BCUT2D eigenvalue weighted by molar-refractivity contribution is 0.296. The van der Waals surface area contributed by atoms with Crippen LogP contribution in [0.25, 0.3) is 0 Å². The molecule has 33 heavy (non-hydrogen) atoms. The number of piperidine rings is 1. The lowest BCUT2D eigenvalue weighted by Crippen LogP contribution is -2.49.